The molecule has 0 bridgehead atoms. The molecule has 0 radical (unpaired) electrons. The monoisotopic (exact) mass is 307 g/mol. The number of para-hydroxylation sites is 1. The van der Waals surface area contributed by atoms with Crippen molar-refractivity contribution in [2.24, 2.45) is 0 Å². The molecule has 8 heteroatoms. The van der Waals surface area contributed by atoms with Gasteiger partial charge in [-0.25, -0.2) is 13.2 Å². The molecule has 0 saturated carbocycles. The van der Waals surface area contributed by atoms with Gasteiger partial charge in [-0.3, -0.25) is 0 Å². The Labute approximate surface area is 115 Å². The number of sulfone groups is 1. The number of halogens is 2. The molecular weight excluding hydrogens is 292 g/mol. The molecule has 1 atom stereocenters. The third kappa shape index (κ3) is 3.66. The predicted molar refractivity (Wildman–Crippen MR) is 69.3 cm³/mol. The average molecular weight is 307 g/mol. The molecule has 1 aromatic rings. The molecule has 1 N–H and O–H groups in total. The summed E-state index contributed by atoms with van der Waals surface area (Å²) in [4.78, 5) is 10.9. The van der Waals surface area contributed by atoms with Gasteiger partial charge in [0, 0.05) is 0 Å². The van der Waals surface area contributed by atoms with Crippen molar-refractivity contribution in [2.75, 3.05) is 11.9 Å². The van der Waals surface area contributed by atoms with Crippen molar-refractivity contribution in [3.05, 3.63) is 24.3 Å². The molecule has 0 aliphatic carbocycles. The van der Waals surface area contributed by atoms with Gasteiger partial charge in [0.1, 0.15) is 6.04 Å². The minimum Gasteiger partial charge on any atom is -0.464 e. The highest BCUT2D eigenvalue weighted by Gasteiger charge is 2.29. The quantitative estimate of drug-likeness (QED) is 0.814. The van der Waals surface area contributed by atoms with E-state index < -0.39 is 32.5 Å². The van der Waals surface area contributed by atoms with Crippen LogP contribution in [0.4, 0.5) is 14.5 Å². The Morgan fingerprint density at radius 1 is 1.35 bits per heavy atom. The Bertz CT molecular complexity index is 575. The number of anilines is 1. The van der Waals surface area contributed by atoms with E-state index in [1.165, 1.54) is 25.1 Å². The SMILES string of the molecule is CCOC(=O)C(C)Nc1ccccc1S(=O)(=O)C(F)F. The van der Waals surface area contributed by atoms with Crippen molar-refractivity contribution in [1.29, 1.82) is 0 Å². The Hall–Kier alpha value is -1.70. The van der Waals surface area contributed by atoms with Crippen LogP contribution in [0, 0.1) is 0 Å². The number of carbonyl (C=O) groups is 1. The van der Waals surface area contributed by atoms with Crippen LogP contribution in [-0.4, -0.2) is 32.8 Å². The van der Waals surface area contributed by atoms with E-state index in [0.29, 0.717) is 0 Å². The van der Waals surface area contributed by atoms with Crippen LogP contribution in [0.3, 0.4) is 0 Å². The van der Waals surface area contributed by atoms with Crippen LogP contribution >= 0.6 is 0 Å². The lowest BCUT2D eigenvalue weighted by atomic mass is 10.2. The zero-order valence-electron chi connectivity index (χ0n) is 11.0. The number of esters is 1. The van der Waals surface area contributed by atoms with E-state index in [-0.39, 0.29) is 12.3 Å². The molecule has 0 amide bonds. The van der Waals surface area contributed by atoms with E-state index in [1.54, 1.807) is 6.92 Å². The first-order valence-corrected chi connectivity index (χ1v) is 7.39. The largest absolute Gasteiger partial charge is 0.464 e. The molecule has 1 aromatic carbocycles. The number of nitrogens with one attached hydrogen (secondary N) is 1. The molecule has 0 fully saturated rings. The first-order chi connectivity index (χ1) is 9.30. The second-order valence-corrected chi connectivity index (χ2v) is 5.81. The maximum atomic E-state index is 12.6. The molecule has 0 aliphatic heterocycles. The number of hydrogen-bond donors (Lipinski definition) is 1. The highest BCUT2D eigenvalue weighted by Crippen LogP contribution is 2.26. The zero-order valence-corrected chi connectivity index (χ0v) is 11.8. The third-order valence-electron chi connectivity index (χ3n) is 2.44. The van der Waals surface area contributed by atoms with Gasteiger partial charge < -0.3 is 10.1 Å². The minimum atomic E-state index is -4.74. The number of ether oxygens (including phenoxy) is 1. The maximum absolute atomic E-state index is 12.6. The first kappa shape index (κ1) is 16.4. The topological polar surface area (TPSA) is 72.5 Å². The molecule has 0 aromatic heterocycles. The van der Waals surface area contributed by atoms with Gasteiger partial charge in [0.2, 0.25) is 9.84 Å². The highest BCUT2D eigenvalue weighted by atomic mass is 32.2. The molecule has 20 heavy (non-hydrogen) atoms. The molecular formula is C12H15F2NO4S. The lowest BCUT2D eigenvalue weighted by Gasteiger charge is -2.16. The highest BCUT2D eigenvalue weighted by molar-refractivity contribution is 7.91. The predicted octanol–water partition coefficient (Wildman–Crippen LogP) is 2.05. The summed E-state index contributed by atoms with van der Waals surface area (Å²) >= 11 is 0. The standard InChI is InChI=1S/C12H15F2NO4S/c1-3-19-11(16)8(2)15-9-6-4-5-7-10(9)20(17,18)12(13)14/h4-8,12,15H,3H2,1-2H3. The number of hydrogen-bond acceptors (Lipinski definition) is 5. The van der Waals surface area contributed by atoms with Crippen LogP contribution in [0.25, 0.3) is 0 Å². The third-order valence-corrected chi connectivity index (χ3v) is 3.88. The molecule has 0 spiro atoms. The molecule has 0 saturated heterocycles. The van der Waals surface area contributed by atoms with Gasteiger partial charge in [0.15, 0.2) is 0 Å². The zero-order chi connectivity index (χ0) is 15.3. The number of rotatable bonds is 6. The number of benzene rings is 1. The van der Waals surface area contributed by atoms with Gasteiger partial charge in [-0.05, 0) is 26.0 Å². The lowest BCUT2D eigenvalue weighted by molar-refractivity contribution is -0.143. The van der Waals surface area contributed by atoms with E-state index in [2.05, 4.69) is 5.32 Å². The number of alkyl halides is 2. The summed E-state index contributed by atoms with van der Waals surface area (Å²) in [5, 5.41) is 2.57. The van der Waals surface area contributed by atoms with Crippen LogP contribution in [0.2, 0.25) is 0 Å². The molecule has 1 rings (SSSR count). The van der Waals surface area contributed by atoms with Crippen molar-refractivity contribution >= 4 is 21.5 Å². The normalized spacial score (nSPS) is 13.1. The van der Waals surface area contributed by atoms with Crippen molar-refractivity contribution in [1.82, 2.24) is 0 Å². The fourth-order valence-electron chi connectivity index (χ4n) is 1.49. The van der Waals surface area contributed by atoms with Crippen LogP contribution < -0.4 is 5.32 Å². The Morgan fingerprint density at radius 3 is 2.50 bits per heavy atom. The Kier molecular flexibility index (Phi) is 5.43. The van der Waals surface area contributed by atoms with E-state index in [4.69, 9.17) is 4.74 Å². The fourth-order valence-corrected chi connectivity index (χ4v) is 2.38. The van der Waals surface area contributed by atoms with E-state index in [9.17, 15) is 22.0 Å². The van der Waals surface area contributed by atoms with Crippen molar-refractivity contribution < 1.29 is 26.7 Å². The Balaban J connectivity index is 3.06. The maximum Gasteiger partial charge on any atom is 0.341 e. The van der Waals surface area contributed by atoms with Gasteiger partial charge in [0.05, 0.1) is 17.2 Å². The van der Waals surface area contributed by atoms with Crippen molar-refractivity contribution in [3.63, 3.8) is 0 Å². The average Bonchev–Trinajstić information content (AvgIpc) is 2.39. The summed E-state index contributed by atoms with van der Waals surface area (Å²) in [7, 11) is -4.74. The minimum absolute atomic E-state index is 0.0617. The van der Waals surface area contributed by atoms with Crippen LogP contribution in [0.15, 0.2) is 29.2 Å². The summed E-state index contributed by atoms with van der Waals surface area (Å²) in [6, 6.07) is 4.32. The molecule has 1 unspecified atom stereocenters. The Morgan fingerprint density at radius 2 is 1.95 bits per heavy atom. The van der Waals surface area contributed by atoms with Crippen molar-refractivity contribution in [2.45, 2.75) is 30.5 Å². The summed E-state index contributed by atoms with van der Waals surface area (Å²) in [6.45, 7) is 3.24. The molecule has 5 nitrogen and oxygen atoms in total. The molecule has 0 aliphatic rings. The second kappa shape index (κ2) is 6.65. The molecule has 0 heterocycles. The lowest BCUT2D eigenvalue weighted by Crippen LogP contribution is -2.29. The first-order valence-electron chi connectivity index (χ1n) is 5.85. The van der Waals surface area contributed by atoms with Crippen LogP contribution in [0.1, 0.15) is 13.8 Å². The van der Waals surface area contributed by atoms with E-state index in [0.717, 1.165) is 6.07 Å². The summed E-state index contributed by atoms with van der Waals surface area (Å²) < 4.78 is 53.0. The molecule has 112 valence electrons. The summed E-state index contributed by atoms with van der Waals surface area (Å²) in [6.07, 6.45) is 0. The van der Waals surface area contributed by atoms with E-state index >= 15 is 0 Å². The van der Waals surface area contributed by atoms with Crippen LogP contribution in [0.5, 0.6) is 0 Å². The van der Waals surface area contributed by atoms with Gasteiger partial charge >= 0.3 is 11.7 Å². The summed E-state index contributed by atoms with van der Waals surface area (Å²) in [5.41, 5.74) is -0.0617. The van der Waals surface area contributed by atoms with Gasteiger partial charge in [-0.2, -0.15) is 8.78 Å². The number of carbonyl (C=O) groups excluding carboxylic acids is 1. The van der Waals surface area contributed by atoms with E-state index in [1.807, 2.05) is 0 Å². The van der Waals surface area contributed by atoms with Gasteiger partial charge in [-0.1, -0.05) is 12.1 Å². The van der Waals surface area contributed by atoms with Gasteiger partial charge in [-0.15, -0.1) is 0 Å². The smallest absolute Gasteiger partial charge is 0.341 e. The van der Waals surface area contributed by atoms with Crippen molar-refractivity contribution in [3.8, 4) is 0 Å². The van der Waals surface area contributed by atoms with Gasteiger partial charge in [0.25, 0.3) is 0 Å². The van der Waals surface area contributed by atoms with Crippen LogP contribution in [-0.2, 0) is 19.4 Å². The fraction of sp³-hybridized carbons (Fsp3) is 0.417. The second-order valence-electron chi connectivity index (χ2n) is 3.92. The summed E-state index contributed by atoms with van der Waals surface area (Å²) in [5.74, 6) is -4.12.